The van der Waals surface area contributed by atoms with Crippen LogP contribution < -0.4 is 0 Å². The molecule has 0 aliphatic carbocycles. The van der Waals surface area contributed by atoms with E-state index >= 15 is 0 Å². The van der Waals surface area contributed by atoms with Crippen molar-refractivity contribution >= 4 is 21.8 Å². The maximum absolute atomic E-state index is 7.67. The Labute approximate surface area is 80.8 Å². The van der Waals surface area contributed by atoms with Crippen molar-refractivity contribution in [2.45, 2.75) is 0 Å². The van der Waals surface area contributed by atoms with Crippen LogP contribution in [0, 0.1) is 5.41 Å². The lowest BCUT2D eigenvalue weighted by atomic mass is 10.2. The van der Waals surface area contributed by atoms with E-state index in [2.05, 4.69) is 15.9 Å². The predicted octanol–water partition coefficient (Wildman–Crippen LogP) is 2.34. The third-order valence-electron chi connectivity index (χ3n) is 1.56. The van der Waals surface area contributed by atoms with E-state index in [0.717, 1.165) is 10.0 Å². The second kappa shape index (κ2) is 3.72. The summed E-state index contributed by atoms with van der Waals surface area (Å²) in [5.41, 5.74) is 0.934. The van der Waals surface area contributed by atoms with E-state index in [1.165, 1.54) is 0 Å². The first-order chi connectivity index (χ1) is 5.61. The highest BCUT2D eigenvalue weighted by Crippen LogP contribution is 2.11. The molecule has 0 aromatic heterocycles. The smallest absolute Gasteiger partial charge is 0.127 e. The van der Waals surface area contributed by atoms with Gasteiger partial charge in [-0.2, -0.15) is 0 Å². The Morgan fingerprint density at radius 3 is 2.17 bits per heavy atom. The molecule has 0 bridgehead atoms. The Balaban J connectivity index is 2.90. The average Bonchev–Trinajstić information content (AvgIpc) is 2.04. The molecule has 1 rings (SSSR count). The highest BCUT2D eigenvalue weighted by atomic mass is 79.9. The van der Waals surface area contributed by atoms with Crippen molar-refractivity contribution in [3.8, 4) is 0 Å². The molecule has 0 spiro atoms. The first-order valence-corrected chi connectivity index (χ1v) is 4.42. The van der Waals surface area contributed by atoms with Crippen LogP contribution in [0.15, 0.2) is 28.7 Å². The van der Waals surface area contributed by atoms with E-state index < -0.39 is 0 Å². The van der Waals surface area contributed by atoms with Crippen LogP contribution in [-0.4, -0.2) is 24.8 Å². The van der Waals surface area contributed by atoms with E-state index in [-0.39, 0.29) is 0 Å². The summed E-state index contributed by atoms with van der Waals surface area (Å²) in [5.74, 6) is 0.530. The standard InChI is InChI=1S/C9H11BrN2/c1-12(2)9(11)7-3-5-8(10)6-4-7/h3-6,11H,1-2H3. The van der Waals surface area contributed by atoms with E-state index in [1.54, 1.807) is 4.90 Å². The summed E-state index contributed by atoms with van der Waals surface area (Å²) < 4.78 is 1.04. The molecule has 12 heavy (non-hydrogen) atoms. The quantitative estimate of drug-likeness (QED) is 0.578. The number of nitrogens with zero attached hydrogens (tertiary/aromatic N) is 1. The van der Waals surface area contributed by atoms with E-state index in [0.29, 0.717) is 5.84 Å². The van der Waals surface area contributed by atoms with Crippen LogP contribution in [-0.2, 0) is 0 Å². The molecule has 0 saturated heterocycles. The molecular weight excluding hydrogens is 216 g/mol. The molecule has 0 aliphatic heterocycles. The fraction of sp³-hybridized carbons (Fsp3) is 0.222. The topological polar surface area (TPSA) is 27.1 Å². The normalized spacial score (nSPS) is 9.58. The molecule has 0 amide bonds. The minimum Gasteiger partial charge on any atom is -0.363 e. The molecule has 0 radical (unpaired) electrons. The Hall–Kier alpha value is -0.830. The molecule has 0 heterocycles. The van der Waals surface area contributed by atoms with Crippen molar-refractivity contribution in [2.24, 2.45) is 0 Å². The lowest BCUT2D eigenvalue weighted by Crippen LogP contribution is -2.21. The van der Waals surface area contributed by atoms with Crippen LogP contribution in [0.5, 0.6) is 0 Å². The summed E-state index contributed by atoms with van der Waals surface area (Å²) >= 11 is 3.35. The molecule has 0 aliphatic rings. The van der Waals surface area contributed by atoms with Gasteiger partial charge in [-0.15, -0.1) is 0 Å². The Bertz CT molecular complexity index is 277. The van der Waals surface area contributed by atoms with Gasteiger partial charge in [0.05, 0.1) is 0 Å². The minimum absolute atomic E-state index is 0.530. The molecule has 64 valence electrons. The second-order valence-corrected chi connectivity index (χ2v) is 3.67. The summed E-state index contributed by atoms with van der Waals surface area (Å²) in [5, 5.41) is 7.67. The van der Waals surface area contributed by atoms with E-state index in [1.807, 2.05) is 38.4 Å². The van der Waals surface area contributed by atoms with E-state index in [9.17, 15) is 0 Å². The Morgan fingerprint density at radius 1 is 1.25 bits per heavy atom. The number of amidine groups is 1. The van der Waals surface area contributed by atoms with Gasteiger partial charge in [-0.1, -0.05) is 28.1 Å². The highest BCUT2D eigenvalue weighted by molar-refractivity contribution is 9.10. The van der Waals surface area contributed by atoms with Crippen molar-refractivity contribution in [3.05, 3.63) is 34.3 Å². The lowest BCUT2D eigenvalue weighted by Gasteiger charge is -2.13. The third-order valence-corrected chi connectivity index (χ3v) is 2.09. The monoisotopic (exact) mass is 226 g/mol. The van der Waals surface area contributed by atoms with Gasteiger partial charge >= 0.3 is 0 Å². The van der Waals surface area contributed by atoms with Crippen LogP contribution in [0.3, 0.4) is 0 Å². The van der Waals surface area contributed by atoms with Crippen LogP contribution >= 0.6 is 15.9 Å². The Morgan fingerprint density at radius 2 is 1.75 bits per heavy atom. The Kier molecular flexibility index (Phi) is 2.87. The molecule has 0 atom stereocenters. The molecule has 1 aromatic rings. The largest absolute Gasteiger partial charge is 0.363 e. The summed E-state index contributed by atoms with van der Waals surface area (Å²) in [6, 6.07) is 7.72. The SMILES string of the molecule is CN(C)C(=N)c1ccc(Br)cc1. The number of benzene rings is 1. The van der Waals surface area contributed by atoms with Crippen LogP contribution in [0.4, 0.5) is 0 Å². The zero-order valence-corrected chi connectivity index (χ0v) is 8.72. The first-order valence-electron chi connectivity index (χ1n) is 3.63. The predicted molar refractivity (Wildman–Crippen MR) is 54.7 cm³/mol. The van der Waals surface area contributed by atoms with Crippen LogP contribution in [0.2, 0.25) is 0 Å². The zero-order chi connectivity index (χ0) is 9.14. The van der Waals surface area contributed by atoms with Gasteiger partial charge in [-0.05, 0) is 12.1 Å². The molecule has 0 unspecified atom stereocenters. The fourth-order valence-electron chi connectivity index (χ4n) is 0.866. The maximum Gasteiger partial charge on any atom is 0.127 e. The van der Waals surface area contributed by atoms with Gasteiger partial charge in [0.2, 0.25) is 0 Å². The molecule has 3 heteroatoms. The van der Waals surface area contributed by atoms with Crippen LogP contribution in [0.1, 0.15) is 5.56 Å². The van der Waals surface area contributed by atoms with Crippen molar-refractivity contribution in [3.63, 3.8) is 0 Å². The maximum atomic E-state index is 7.67. The fourth-order valence-corrected chi connectivity index (χ4v) is 1.13. The van der Waals surface area contributed by atoms with Gasteiger partial charge in [-0.25, -0.2) is 0 Å². The van der Waals surface area contributed by atoms with E-state index in [4.69, 9.17) is 5.41 Å². The number of hydrogen-bond donors (Lipinski definition) is 1. The number of rotatable bonds is 1. The summed E-state index contributed by atoms with van der Waals surface area (Å²) in [4.78, 5) is 1.78. The molecular formula is C9H11BrN2. The molecule has 1 aromatic carbocycles. The third kappa shape index (κ3) is 2.08. The molecule has 0 saturated carbocycles. The number of hydrogen-bond acceptors (Lipinski definition) is 1. The van der Waals surface area contributed by atoms with Crippen molar-refractivity contribution in [2.75, 3.05) is 14.1 Å². The first kappa shape index (κ1) is 9.26. The van der Waals surface area contributed by atoms with Gasteiger partial charge in [0.15, 0.2) is 0 Å². The summed E-state index contributed by atoms with van der Waals surface area (Å²) in [6.07, 6.45) is 0. The summed E-state index contributed by atoms with van der Waals surface area (Å²) in [6.45, 7) is 0. The molecule has 0 fully saturated rings. The summed E-state index contributed by atoms with van der Waals surface area (Å²) in [7, 11) is 3.73. The van der Waals surface area contributed by atoms with Gasteiger partial charge in [0.25, 0.3) is 0 Å². The van der Waals surface area contributed by atoms with Crippen LogP contribution in [0.25, 0.3) is 0 Å². The zero-order valence-electron chi connectivity index (χ0n) is 7.13. The average molecular weight is 227 g/mol. The van der Waals surface area contributed by atoms with Crippen molar-refractivity contribution < 1.29 is 0 Å². The number of halogens is 1. The van der Waals surface area contributed by atoms with Gasteiger partial charge in [0.1, 0.15) is 5.84 Å². The molecule has 1 N–H and O–H groups in total. The lowest BCUT2D eigenvalue weighted by molar-refractivity contribution is 0.619. The van der Waals surface area contributed by atoms with Gasteiger partial charge < -0.3 is 4.90 Å². The number of nitrogens with one attached hydrogen (secondary N) is 1. The van der Waals surface area contributed by atoms with Gasteiger partial charge in [0, 0.05) is 24.1 Å². The molecule has 2 nitrogen and oxygen atoms in total. The van der Waals surface area contributed by atoms with Gasteiger partial charge in [-0.3, -0.25) is 5.41 Å². The second-order valence-electron chi connectivity index (χ2n) is 2.75. The van der Waals surface area contributed by atoms with Crippen molar-refractivity contribution in [1.29, 1.82) is 5.41 Å². The highest BCUT2D eigenvalue weighted by Gasteiger charge is 2.01. The minimum atomic E-state index is 0.530. The van der Waals surface area contributed by atoms with Crippen molar-refractivity contribution in [1.82, 2.24) is 4.90 Å².